The molecule has 0 aliphatic heterocycles. The molecule has 0 amide bonds. The Kier molecular flexibility index (Phi) is 3.53. The normalized spacial score (nSPS) is 13.2. The van der Waals surface area contributed by atoms with Crippen LogP contribution in [-0.4, -0.2) is 18.5 Å². The monoisotopic (exact) mass is 278 g/mol. The molecule has 0 saturated heterocycles. The molecule has 0 radical (unpaired) electrons. The molecule has 0 aromatic carbocycles. The predicted molar refractivity (Wildman–Crippen MR) is 78.5 cm³/mol. The third-order valence-corrected chi connectivity index (χ3v) is 8.53. The largest absolute Gasteiger partial charge is 0.412 e. The van der Waals surface area contributed by atoms with Crippen LogP contribution in [0.4, 0.5) is 0 Å². The maximum Gasteiger partial charge on any atom is 0.192 e. The summed E-state index contributed by atoms with van der Waals surface area (Å²) in [6.07, 6.45) is 3.61. The van der Waals surface area contributed by atoms with E-state index in [4.69, 9.17) is 8.95 Å². The second kappa shape index (κ2) is 4.72. The molecule has 0 aliphatic rings. The summed E-state index contributed by atoms with van der Waals surface area (Å²) < 4.78 is 11.5. The second-order valence-electron chi connectivity index (χ2n) is 6.49. The number of hydrogen-bond donors (Lipinski definition) is 0. The van der Waals surface area contributed by atoms with E-state index in [1.807, 2.05) is 13.1 Å². The molecule has 104 valence electrons. The van der Waals surface area contributed by atoms with E-state index >= 15 is 0 Å². The highest BCUT2D eigenvalue weighted by Gasteiger charge is 2.37. The Morgan fingerprint density at radius 2 is 1.95 bits per heavy atom. The molecule has 0 spiro atoms. The molecule has 0 unspecified atom stereocenters. The van der Waals surface area contributed by atoms with Crippen molar-refractivity contribution in [2.75, 3.05) is 0 Å². The van der Waals surface area contributed by atoms with Gasteiger partial charge in [-0.1, -0.05) is 25.9 Å². The summed E-state index contributed by atoms with van der Waals surface area (Å²) in [5.41, 5.74) is 2.67. The molecule has 5 heteroatoms. The highest BCUT2D eigenvalue weighted by molar-refractivity contribution is 6.74. The van der Waals surface area contributed by atoms with Gasteiger partial charge in [0.1, 0.15) is 0 Å². The van der Waals surface area contributed by atoms with Crippen LogP contribution in [0.1, 0.15) is 32.0 Å². The topological polar surface area (TPSA) is 48.2 Å². The molecule has 2 heterocycles. The van der Waals surface area contributed by atoms with E-state index in [0.29, 0.717) is 6.61 Å². The molecule has 2 rings (SSSR count). The molecule has 0 aliphatic carbocycles. The van der Waals surface area contributed by atoms with E-state index in [2.05, 4.69) is 44.0 Å². The predicted octanol–water partition coefficient (Wildman–Crippen LogP) is 4.05. The van der Waals surface area contributed by atoms with E-state index in [1.54, 1.807) is 6.20 Å². The van der Waals surface area contributed by atoms with E-state index < -0.39 is 8.32 Å². The van der Waals surface area contributed by atoms with Crippen molar-refractivity contribution in [3.8, 4) is 0 Å². The van der Waals surface area contributed by atoms with Crippen molar-refractivity contribution >= 4 is 19.3 Å². The molecule has 0 atom stereocenters. The van der Waals surface area contributed by atoms with Crippen LogP contribution in [0.2, 0.25) is 18.1 Å². The van der Waals surface area contributed by atoms with Crippen LogP contribution in [0.5, 0.6) is 0 Å². The average molecular weight is 278 g/mol. The van der Waals surface area contributed by atoms with Crippen LogP contribution in [0.3, 0.4) is 0 Å². The molecule has 0 saturated carbocycles. The van der Waals surface area contributed by atoms with Gasteiger partial charge in [-0.3, -0.25) is 4.98 Å². The molecule has 0 fully saturated rings. The van der Waals surface area contributed by atoms with Gasteiger partial charge in [0.15, 0.2) is 13.9 Å². The Bertz CT molecular complexity index is 585. The summed E-state index contributed by atoms with van der Waals surface area (Å²) in [5, 5.41) is 5.07. The zero-order valence-corrected chi connectivity index (χ0v) is 13.6. The van der Waals surface area contributed by atoms with Crippen LogP contribution >= 0.6 is 0 Å². The molecule has 2 aromatic rings. The van der Waals surface area contributed by atoms with Crippen molar-refractivity contribution in [2.24, 2.45) is 0 Å². The standard InChI is InChI=1S/C14H22N2O2Si/c1-10-13-12(8-16-18-13)11(7-15-10)9-17-19(5,6)14(2,3)4/h7-8H,9H2,1-6H3. The minimum atomic E-state index is -1.75. The van der Waals surface area contributed by atoms with E-state index in [9.17, 15) is 0 Å². The molecule has 4 nitrogen and oxygen atoms in total. The molecular weight excluding hydrogens is 256 g/mol. The van der Waals surface area contributed by atoms with Crippen LogP contribution in [0, 0.1) is 6.92 Å². The lowest BCUT2D eigenvalue weighted by Gasteiger charge is -2.36. The zero-order valence-electron chi connectivity index (χ0n) is 12.6. The smallest absolute Gasteiger partial charge is 0.192 e. The van der Waals surface area contributed by atoms with Gasteiger partial charge in [0.2, 0.25) is 0 Å². The maximum atomic E-state index is 6.23. The minimum absolute atomic E-state index is 0.207. The Labute approximate surface area is 115 Å². The van der Waals surface area contributed by atoms with Crippen LogP contribution < -0.4 is 0 Å². The van der Waals surface area contributed by atoms with Gasteiger partial charge in [-0.05, 0) is 25.1 Å². The number of rotatable bonds is 3. The number of pyridine rings is 1. The van der Waals surface area contributed by atoms with Crippen molar-refractivity contribution in [3.63, 3.8) is 0 Å². The van der Waals surface area contributed by atoms with Gasteiger partial charge >= 0.3 is 0 Å². The van der Waals surface area contributed by atoms with Crippen molar-refractivity contribution in [3.05, 3.63) is 23.7 Å². The average Bonchev–Trinajstić information content (AvgIpc) is 2.76. The molecular formula is C14H22N2O2Si. The summed E-state index contributed by atoms with van der Waals surface area (Å²) in [7, 11) is -1.75. The SMILES string of the molecule is Cc1ncc(CO[Si](C)(C)C(C)(C)C)c2cnoc12. The van der Waals surface area contributed by atoms with E-state index in [-0.39, 0.29) is 5.04 Å². The summed E-state index contributed by atoms with van der Waals surface area (Å²) in [6, 6.07) is 0. The van der Waals surface area contributed by atoms with Gasteiger partial charge in [-0.15, -0.1) is 0 Å². The lowest BCUT2D eigenvalue weighted by atomic mass is 10.2. The summed E-state index contributed by atoms with van der Waals surface area (Å²) in [6.45, 7) is 13.7. The van der Waals surface area contributed by atoms with Crippen LogP contribution in [0.25, 0.3) is 11.0 Å². The summed E-state index contributed by atoms with van der Waals surface area (Å²) in [4.78, 5) is 4.34. The number of aromatic nitrogens is 2. The lowest BCUT2D eigenvalue weighted by molar-refractivity contribution is 0.277. The Morgan fingerprint density at radius 1 is 1.26 bits per heavy atom. The minimum Gasteiger partial charge on any atom is -0.412 e. The van der Waals surface area contributed by atoms with Gasteiger partial charge in [0.05, 0.1) is 23.9 Å². The fourth-order valence-electron chi connectivity index (χ4n) is 1.62. The van der Waals surface area contributed by atoms with Gasteiger partial charge in [0.25, 0.3) is 0 Å². The highest BCUT2D eigenvalue weighted by atomic mass is 28.4. The highest BCUT2D eigenvalue weighted by Crippen LogP contribution is 2.37. The lowest BCUT2D eigenvalue weighted by Crippen LogP contribution is -2.40. The van der Waals surface area contributed by atoms with Gasteiger partial charge in [0, 0.05) is 11.8 Å². The van der Waals surface area contributed by atoms with Crippen molar-refractivity contribution in [1.29, 1.82) is 0 Å². The molecule has 19 heavy (non-hydrogen) atoms. The zero-order chi connectivity index (χ0) is 14.3. The van der Waals surface area contributed by atoms with Crippen molar-refractivity contribution in [1.82, 2.24) is 10.1 Å². The van der Waals surface area contributed by atoms with Crippen LogP contribution in [0.15, 0.2) is 16.9 Å². The van der Waals surface area contributed by atoms with Gasteiger partial charge in [-0.25, -0.2) is 0 Å². The maximum absolute atomic E-state index is 6.23. The Hall–Kier alpha value is -1.20. The first-order chi connectivity index (χ1) is 8.72. The Morgan fingerprint density at radius 3 is 2.58 bits per heavy atom. The van der Waals surface area contributed by atoms with Gasteiger partial charge in [-0.2, -0.15) is 0 Å². The van der Waals surface area contributed by atoms with E-state index in [0.717, 1.165) is 22.2 Å². The first-order valence-corrected chi connectivity index (χ1v) is 9.46. The number of aryl methyl sites for hydroxylation is 1. The third-order valence-electron chi connectivity index (χ3n) is 4.05. The quantitative estimate of drug-likeness (QED) is 0.795. The summed E-state index contributed by atoms with van der Waals surface area (Å²) >= 11 is 0. The first kappa shape index (κ1) is 14.2. The second-order valence-corrected chi connectivity index (χ2v) is 11.3. The third kappa shape index (κ3) is 2.72. The fourth-order valence-corrected chi connectivity index (χ4v) is 2.57. The Balaban J connectivity index is 2.24. The van der Waals surface area contributed by atoms with E-state index in [1.165, 1.54) is 0 Å². The summed E-state index contributed by atoms with van der Waals surface area (Å²) in [5.74, 6) is 0. The number of hydrogen-bond acceptors (Lipinski definition) is 4. The molecule has 0 N–H and O–H groups in total. The molecule has 0 bridgehead atoms. The van der Waals surface area contributed by atoms with Crippen LogP contribution in [-0.2, 0) is 11.0 Å². The molecule has 2 aromatic heterocycles. The first-order valence-electron chi connectivity index (χ1n) is 6.55. The van der Waals surface area contributed by atoms with Crippen molar-refractivity contribution < 1.29 is 8.95 Å². The fraction of sp³-hybridized carbons (Fsp3) is 0.571. The number of fused-ring (bicyclic) bond motifs is 1. The van der Waals surface area contributed by atoms with Crippen molar-refractivity contribution in [2.45, 2.75) is 52.4 Å². The number of nitrogens with zero attached hydrogens (tertiary/aromatic N) is 2. The van der Waals surface area contributed by atoms with Gasteiger partial charge < -0.3 is 8.95 Å².